The molecule has 1 aromatic rings. The molecule has 0 aromatic heterocycles. The van der Waals surface area contributed by atoms with Gasteiger partial charge < -0.3 is 14.7 Å². The molecule has 0 spiro atoms. The fourth-order valence-corrected chi connectivity index (χ4v) is 6.60. The van der Waals surface area contributed by atoms with Crippen LogP contribution in [0.3, 0.4) is 0 Å². The second kappa shape index (κ2) is 8.09. The molecule has 2 heterocycles. The molecule has 0 radical (unpaired) electrons. The zero-order valence-electron chi connectivity index (χ0n) is 18.5. The Morgan fingerprint density at radius 2 is 2.03 bits per heavy atom. The minimum atomic E-state index is -0.531. The minimum absolute atomic E-state index is 0.110. The van der Waals surface area contributed by atoms with E-state index in [1.54, 1.807) is 0 Å². The lowest BCUT2D eigenvalue weighted by atomic mass is 9.55. The number of rotatable bonds is 3. The van der Waals surface area contributed by atoms with Crippen LogP contribution in [-0.2, 0) is 9.53 Å². The average molecular weight is 445 g/mol. The molecule has 0 amide bonds. The van der Waals surface area contributed by atoms with Crippen molar-refractivity contribution < 1.29 is 14.6 Å². The fourth-order valence-electron chi connectivity index (χ4n) is 6.41. The highest BCUT2D eigenvalue weighted by Gasteiger charge is 2.59. The summed E-state index contributed by atoms with van der Waals surface area (Å²) in [5.74, 6) is -0.0609. The van der Waals surface area contributed by atoms with Crippen molar-refractivity contribution in [3.8, 4) is 0 Å². The van der Waals surface area contributed by atoms with Gasteiger partial charge in [0.1, 0.15) is 6.10 Å². The number of benzene rings is 1. The largest absolute Gasteiger partial charge is 0.461 e. The van der Waals surface area contributed by atoms with Crippen molar-refractivity contribution in [2.75, 3.05) is 37.6 Å². The Hall–Kier alpha value is -1.56. The molecule has 1 aromatic carbocycles. The van der Waals surface area contributed by atoms with E-state index in [0.29, 0.717) is 12.5 Å². The molecule has 1 N–H and O–H groups in total. The number of carbonyl (C=O) groups is 1. The summed E-state index contributed by atoms with van der Waals surface area (Å²) >= 11 is 6.15. The van der Waals surface area contributed by atoms with E-state index in [2.05, 4.69) is 35.8 Å². The molecule has 5 nitrogen and oxygen atoms in total. The van der Waals surface area contributed by atoms with Crippen molar-refractivity contribution in [3.63, 3.8) is 0 Å². The summed E-state index contributed by atoms with van der Waals surface area (Å²) in [6.07, 6.45) is 4.52. The third-order valence-electron chi connectivity index (χ3n) is 8.57. The van der Waals surface area contributed by atoms with Gasteiger partial charge in [0.2, 0.25) is 0 Å². The van der Waals surface area contributed by atoms with E-state index in [1.165, 1.54) is 5.57 Å². The minimum Gasteiger partial charge on any atom is -0.461 e. The topological polar surface area (TPSA) is 53.0 Å². The normalized spacial score (nSPS) is 38.3. The van der Waals surface area contributed by atoms with Crippen LogP contribution < -0.4 is 4.90 Å². The van der Waals surface area contributed by atoms with Crippen molar-refractivity contribution in [1.82, 2.24) is 4.90 Å². The lowest BCUT2D eigenvalue weighted by molar-refractivity contribution is -0.145. The fraction of sp³-hybridized carbons (Fsp3) is 0.640. The van der Waals surface area contributed by atoms with Crippen molar-refractivity contribution in [1.29, 1.82) is 0 Å². The standard InChI is InChI=1S/C25H33ClN2O3/c1-16-5-3-6-17-13-21-22(23(29)25(16,17)2)20(24(30)31-21)15-27-9-11-28(12-10-27)19-8-4-7-18(26)14-19/h4,6-8,14,16,20-23,29H,3,5,9-13,15H2,1-2H3/t16-,20+,21-,22-,23+,25-/m1/s1. The van der Waals surface area contributed by atoms with Gasteiger partial charge in [0.15, 0.2) is 0 Å². The van der Waals surface area contributed by atoms with E-state index >= 15 is 0 Å². The second-order valence-corrected chi connectivity index (χ2v) is 10.5. The molecule has 2 aliphatic carbocycles. The van der Waals surface area contributed by atoms with Crippen LogP contribution in [0, 0.1) is 23.2 Å². The van der Waals surface area contributed by atoms with Crippen molar-refractivity contribution in [2.45, 2.75) is 45.3 Å². The second-order valence-electron chi connectivity index (χ2n) is 10.1. The van der Waals surface area contributed by atoms with Crippen LogP contribution in [0.2, 0.25) is 5.02 Å². The molecule has 0 unspecified atom stereocenters. The van der Waals surface area contributed by atoms with Gasteiger partial charge in [-0.25, -0.2) is 0 Å². The van der Waals surface area contributed by atoms with E-state index in [9.17, 15) is 9.90 Å². The van der Waals surface area contributed by atoms with Gasteiger partial charge in [-0.15, -0.1) is 0 Å². The first-order valence-electron chi connectivity index (χ1n) is 11.7. The zero-order valence-corrected chi connectivity index (χ0v) is 19.2. The molecule has 3 fully saturated rings. The Morgan fingerprint density at radius 3 is 2.77 bits per heavy atom. The first-order valence-corrected chi connectivity index (χ1v) is 12.1. The molecule has 168 valence electrons. The predicted octanol–water partition coefficient (Wildman–Crippen LogP) is 3.75. The first-order chi connectivity index (χ1) is 14.9. The number of allylic oxidation sites excluding steroid dienone is 1. The van der Waals surface area contributed by atoms with Gasteiger partial charge in [0.25, 0.3) is 0 Å². The first kappa shape index (κ1) is 21.3. The van der Waals surface area contributed by atoms with Gasteiger partial charge in [-0.1, -0.05) is 43.2 Å². The van der Waals surface area contributed by atoms with Crippen molar-refractivity contribution in [2.24, 2.45) is 23.2 Å². The smallest absolute Gasteiger partial charge is 0.311 e. The molecule has 4 aliphatic rings. The summed E-state index contributed by atoms with van der Waals surface area (Å²) < 4.78 is 5.83. The highest BCUT2D eigenvalue weighted by atomic mass is 35.5. The molecule has 2 aliphatic heterocycles. The Balaban J connectivity index is 1.28. The number of carbonyl (C=O) groups excluding carboxylic acids is 1. The highest BCUT2D eigenvalue weighted by molar-refractivity contribution is 6.30. The summed E-state index contributed by atoms with van der Waals surface area (Å²) in [5, 5.41) is 12.3. The summed E-state index contributed by atoms with van der Waals surface area (Å²) in [7, 11) is 0. The van der Waals surface area contributed by atoms with Crippen LogP contribution in [0.5, 0.6) is 0 Å². The maximum Gasteiger partial charge on any atom is 0.311 e. The number of hydrogen-bond donors (Lipinski definition) is 1. The number of aliphatic hydroxyl groups is 1. The van der Waals surface area contributed by atoms with E-state index < -0.39 is 6.10 Å². The number of ether oxygens (including phenoxy) is 1. The van der Waals surface area contributed by atoms with Crippen LogP contribution >= 0.6 is 11.6 Å². The average Bonchev–Trinajstić information content (AvgIpc) is 3.06. The molecular formula is C25H33ClN2O3. The number of hydrogen-bond acceptors (Lipinski definition) is 5. The summed E-state index contributed by atoms with van der Waals surface area (Å²) in [6, 6.07) is 7.98. The van der Waals surface area contributed by atoms with Gasteiger partial charge in [-0.05, 0) is 37.0 Å². The quantitative estimate of drug-likeness (QED) is 0.568. The Bertz CT molecular complexity index is 881. The van der Waals surface area contributed by atoms with Crippen LogP contribution in [0.4, 0.5) is 5.69 Å². The van der Waals surface area contributed by atoms with Crippen LogP contribution in [0.25, 0.3) is 0 Å². The third-order valence-corrected chi connectivity index (χ3v) is 8.81. The van der Waals surface area contributed by atoms with Gasteiger partial charge in [-0.2, -0.15) is 0 Å². The Morgan fingerprint density at radius 1 is 1.26 bits per heavy atom. The van der Waals surface area contributed by atoms with Gasteiger partial charge in [0.05, 0.1) is 12.0 Å². The number of esters is 1. The molecule has 6 heteroatoms. The third kappa shape index (κ3) is 3.59. The SMILES string of the molecule is C[C@@H]1CCC=C2C[C@H]3OC(=O)[C@@H](CN4CCN(c5cccc(Cl)c5)CC4)[C@H]3[C@H](O)[C@@]21C. The van der Waals surface area contributed by atoms with Gasteiger partial charge >= 0.3 is 5.97 Å². The molecule has 0 bridgehead atoms. The molecule has 31 heavy (non-hydrogen) atoms. The number of nitrogens with zero attached hydrogens (tertiary/aromatic N) is 2. The Kier molecular flexibility index (Phi) is 5.56. The number of fused-ring (bicyclic) bond motifs is 2. The number of anilines is 1. The predicted molar refractivity (Wildman–Crippen MR) is 122 cm³/mol. The van der Waals surface area contributed by atoms with E-state index in [4.69, 9.17) is 16.3 Å². The zero-order chi connectivity index (χ0) is 21.8. The summed E-state index contributed by atoms with van der Waals surface area (Å²) in [5.41, 5.74) is 2.20. The lowest BCUT2D eigenvalue weighted by Crippen LogP contribution is -2.55. The molecule has 6 atom stereocenters. The molecule has 1 saturated carbocycles. The highest BCUT2D eigenvalue weighted by Crippen LogP contribution is 2.56. The summed E-state index contributed by atoms with van der Waals surface area (Å²) in [4.78, 5) is 17.6. The van der Waals surface area contributed by atoms with Gasteiger partial charge in [0, 0.05) is 61.2 Å². The molecular weight excluding hydrogens is 412 g/mol. The van der Waals surface area contributed by atoms with E-state index in [1.807, 2.05) is 18.2 Å². The van der Waals surface area contributed by atoms with E-state index in [0.717, 1.165) is 56.2 Å². The van der Waals surface area contributed by atoms with Crippen LogP contribution in [0.1, 0.15) is 33.1 Å². The van der Waals surface area contributed by atoms with Crippen molar-refractivity contribution >= 4 is 23.3 Å². The lowest BCUT2D eigenvalue weighted by Gasteiger charge is -2.52. The maximum atomic E-state index is 12.9. The Labute approximate surface area is 190 Å². The number of aliphatic hydroxyl groups excluding tert-OH is 1. The van der Waals surface area contributed by atoms with E-state index in [-0.39, 0.29) is 29.3 Å². The van der Waals surface area contributed by atoms with Crippen LogP contribution in [-0.4, -0.2) is 60.9 Å². The molecule has 5 rings (SSSR count). The maximum absolute atomic E-state index is 12.9. The number of halogens is 1. The van der Waals surface area contributed by atoms with Crippen LogP contribution in [0.15, 0.2) is 35.9 Å². The molecule has 2 saturated heterocycles. The monoisotopic (exact) mass is 444 g/mol. The number of piperazine rings is 1. The summed E-state index contributed by atoms with van der Waals surface area (Å²) in [6.45, 7) is 8.71. The van der Waals surface area contributed by atoms with Crippen molar-refractivity contribution in [3.05, 3.63) is 40.9 Å². The van der Waals surface area contributed by atoms with Gasteiger partial charge in [-0.3, -0.25) is 9.69 Å².